The average Bonchev–Trinajstić information content (AvgIpc) is 3.33. The highest BCUT2D eigenvalue weighted by Gasteiger charge is 2.30. The van der Waals surface area contributed by atoms with Crippen molar-refractivity contribution < 1.29 is 14.6 Å². The molecule has 1 aliphatic heterocycles. The van der Waals surface area contributed by atoms with Crippen LogP contribution in [-0.2, 0) is 11.2 Å². The lowest BCUT2D eigenvalue weighted by atomic mass is 9.80. The molecule has 6 heteroatoms. The first kappa shape index (κ1) is 23.3. The normalized spacial score (nSPS) is 18.6. The number of carbonyl (C=O) groups is 1. The van der Waals surface area contributed by atoms with Gasteiger partial charge in [-0.1, -0.05) is 11.8 Å². The van der Waals surface area contributed by atoms with Gasteiger partial charge in [-0.15, -0.1) is 0 Å². The van der Waals surface area contributed by atoms with E-state index in [1.807, 2.05) is 29.8 Å². The second kappa shape index (κ2) is 11.3. The van der Waals surface area contributed by atoms with Crippen LogP contribution in [0.5, 0.6) is 5.75 Å². The molecule has 1 fully saturated rings. The number of carboxylic acids is 1. The molecule has 0 saturated carbocycles. The summed E-state index contributed by atoms with van der Waals surface area (Å²) in [6.07, 6.45) is 6.16. The number of aliphatic carboxylic acids is 1. The second-order valence-corrected chi connectivity index (χ2v) is 9.48. The van der Waals surface area contributed by atoms with Gasteiger partial charge in [-0.05, 0) is 85.3 Å². The van der Waals surface area contributed by atoms with E-state index in [9.17, 15) is 9.90 Å². The van der Waals surface area contributed by atoms with Crippen molar-refractivity contribution in [1.29, 1.82) is 0 Å². The summed E-state index contributed by atoms with van der Waals surface area (Å²) in [5.41, 5.74) is 3.31. The summed E-state index contributed by atoms with van der Waals surface area (Å²) in [7, 11) is 1.68. The Hall–Kier alpha value is -2.88. The van der Waals surface area contributed by atoms with Gasteiger partial charge in [-0.25, -0.2) is 0 Å². The Kier molecular flexibility index (Phi) is 7.98. The molecule has 1 aromatic carbocycles. The van der Waals surface area contributed by atoms with E-state index < -0.39 is 5.97 Å². The van der Waals surface area contributed by atoms with E-state index in [0.29, 0.717) is 12.5 Å². The van der Waals surface area contributed by atoms with Crippen molar-refractivity contribution in [3.63, 3.8) is 0 Å². The first-order chi connectivity index (χ1) is 16.1. The Bertz CT molecular complexity index is 1130. The Balaban J connectivity index is 1.35. The maximum absolute atomic E-state index is 11.5. The van der Waals surface area contributed by atoms with Gasteiger partial charge in [0.05, 0.1) is 19.2 Å². The number of fused-ring (bicyclic) bond motifs is 1. The quantitative estimate of drug-likeness (QED) is 0.473. The minimum atomic E-state index is -0.705. The highest BCUT2D eigenvalue weighted by atomic mass is 32.1. The molecule has 0 bridgehead atoms. The van der Waals surface area contributed by atoms with Gasteiger partial charge < -0.3 is 9.84 Å². The molecule has 0 unspecified atom stereocenters. The van der Waals surface area contributed by atoms with Gasteiger partial charge in [-0.3, -0.25) is 14.7 Å². The molecule has 33 heavy (non-hydrogen) atoms. The third kappa shape index (κ3) is 6.34. The van der Waals surface area contributed by atoms with Crippen LogP contribution in [0, 0.1) is 23.7 Å². The summed E-state index contributed by atoms with van der Waals surface area (Å²) in [6, 6.07) is 10.1. The van der Waals surface area contributed by atoms with E-state index in [0.717, 1.165) is 61.0 Å². The predicted octanol–water partition coefficient (Wildman–Crippen LogP) is 5.09. The third-order valence-corrected chi connectivity index (χ3v) is 7.21. The minimum absolute atomic E-state index is 0.175. The van der Waals surface area contributed by atoms with E-state index >= 15 is 0 Å². The Labute approximate surface area is 199 Å². The number of carboxylic acid groups (broad SMARTS) is 1. The first-order valence-corrected chi connectivity index (χ1v) is 12.4. The van der Waals surface area contributed by atoms with E-state index in [1.54, 1.807) is 18.4 Å². The summed E-state index contributed by atoms with van der Waals surface area (Å²) in [6.45, 7) is 2.49. The van der Waals surface area contributed by atoms with Gasteiger partial charge in [0.2, 0.25) is 0 Å². The zero-order chi connectivity index (χ0) is 23.0. The van der Waals surface area contributed by atoms with Crippen molar-refractivity contribution in [1.82, 2.24) is 9.88 Å². The van der Waals surface area contributed by atoms with Gasteiger partial charge >= 0.3 is 5.97 Å². The molecule has 3 heterocycles. The molecule has 1 aliphatic rings. The molecule has 2 atom stereocenters. The highest BCUT2D eigenvalue weighted by Crippen LogP contribution is 2.31. The number of aryl methyl sites for hydroxylation is 1. The topological polar surface area (TPSA) is 62.7 Å². The smallest absolute Gasteiger partial charge is 0.303 e. The number of aromatic nitrogens is 1. The molecule has 1 saturated heterocycles. The maximum atomic E-state index is 11.5. The molecule has 3 aromatic rings. The van der Waals surface area contributed by atoms with E-state index in [-0.39, 0.29) is 12.3 Å². The largest absolute Gasteiger partial charge is 0.497 e. The van der Waals surface area contributed by atoms with Gasteiger partial charge in [0.15, 0.2) is 0 Å². The van der Waals surface area contributed by atoms with Crippen LogP contribution in [0.25, 0.3) is 10.9 Å². The second-order valence-electron chi connectivity index (χ2n) is 8.70. The van der Waals surface area contributed by atoms with Crippen LogP contribution < -0.4 is 4.74 Å². The van der Waals surface area contributed by atoms with Gasteiger partial charge in [0, 0.05) is 35.5 Å². The molecule has 0 aliphatic carbocycles. The number of ether oxygens (including phenoxy) is 1. The number of hydrogen-bond donors (Lipinski definition) is 1. The molecular weight excluding hydrogens is 432 g/mol. The molecule has 0 radical (unpaired) electrons. The SMILES string of the molecule is COc1ccc2nccc(CCC[C@@H]3CCN(CC#Cc4ccsc4)C[C@@H]3CC(=O)O)c2c1. The number of thiophene rings is 1. The number of hydrogen-bond acceptors (Lipinski definition) is 5. The average molecular weight is 463 g/mol. The fourth-order valence-electron chi connectivity index (χ4n) is 4.81. The summed E-state index contributed by atoms with van der Waals surface area (Å²) in [4.78, 5) is 18.3. The highest BCUT2D eigenvalue weighted by molar-refractivity contribution is 7.08. The lowest BCUT2D eigenvalue weighted by Crippen LogP contribution is -2.41. The third-order valence-electron chi connectivity index (χ3n) is 6.53. The van der Waals surface area contributed by atoms with E-state index in [1.165, 1.54) is 5.56 Å². The fourth-order valence-corrected chi connectivity index (χ4v) is 5.39. The molecule has 2 aromatic heterocycles. The number of benzene rings is 1. The van der Waals surface area contributed by atoms with Crippen molar-refractivity contribution in [2.45, 2.75) is 32.1 Å². The standard InChI is InChI=1S/C27H30N2O3S/c1-32-24-7-8-26-25(17-24)22(9-12-28-26)6-2-5-21-10-14-29(18-23(21)16-27(30)31)13-3-4-20-11-15-33-19-20/h7-9,11-12,15,17,19,21,23H,2,5-6,10,13-14,16,18H2,1H3,(H,30,31)/t21-,23+/m1/s1. The predicted molar refractivity (Wildman–Crippen MR) is 133 cm³/mol. The number of rotatable bonds is 8. The van der Waals surface area contributed by atoms with Crippen LogP contribution in [-0.4, -0.2) is 47.7 Å². The van der Waals surface area contributed by atoms with Gasteiger partial charge in [0.1, 0.15) is 5.75 Å². The molecular formula is C27H30N2O3S. The number of pyridine rings is 1. The summed E-state index contributed by atoms with van der Waals surface area (Å²) < 4.78 is 5.39. The van der Waals surface area contributed by atoms with Crippen LogP contribution in [0.2, 0.25) is 0 Å². The number of nitrogens with zero attached hydrogens (tertiary/aromatic N) is 2. The Morgan fingerprint density at radius 3 is 3.00 bits per heavy atom. The molecule has 0 spiro atoms. The first-order valence-electron chi connectivity index (χ1n) is 11.5. The monoisotopic (exact) mass is 462 g/mol. The van der Waals surface area contributed by atoms with Crippen molar-refractivity contribution in [3.8, 4) is 17.6 Å². The Morgan fingerprint density at radius 1 is 1.30 bits per heavy atom. The lowest BCUT2D eigenvalue weighted by molar-refractivity contribution is -0.139. The maximum Gasteiger partial charge on any atom is 0.303 e. The molecule has 5 nitrogen and oxygen atoms in total. The fraction of sp³-hybridized carbons (Fsp3) is 0.407. The van der Waals surface area contributed by atoms with E-state index in [4.69, 9.17) is 4.74 Å². The van der Waals surface area contributed by atoms with Crippen molar-refractivity contribution in [2.75, 3.05) is 26.7 Å². The van der Waals surface area contributed by atoms with Gasteiger partial charge in [-0.2, -0.15) is 11.3 Å². The van der Waals surface area contributed by atoms with Crippen LogP contribution >= 0.6 is 11.3 Å². The molecule has 4 rings (SSSR count). The molecule has 172 valence electrons. The van der Waals surface area contributed by atoms with Crippen molar-refractivity contribution in [3.05, 3.63) is 58.4 Å². The Morgan fingerprint density at radius 2 is 2.21 bits per heavy atom. The van der Waals surface area contributed by atoms with Crippen LogP contribution in [0.4, 0.5) is 0 Å². The van der Waals surface area contributed by atoms with E-state index in [2.05, 4.69) is 39.2 Å². The zero-order valence-corrected chi connectivity index (χ0v) is 19.8. The van der Waals surface area contributed by atoms with Crippen LogP contribution in [0.15, 0.2) is 47.3 Å². The van der Waals surface area contributed by atoms with Crippen LogP contribution in [0.1, 0.15) is 36.8 Å². The van der Waals surface area contributed by atoms with Gasteiger partial charge in [0.25, 0.3) is 0 Å². The van der Waals surface area contributed by atoms with Crippen LogP contribution in [0.3, 0.4) is 0 Å². The minimum Gasteiger partial charge on any atom is -0.497 e. The lowest BCUT2D eigenvalue weighted by Gasteiger charge is -2.37. The molecule has 1 N–H and O–H groups in total. The summed E-state index contributed by atoms with van der Waals surface area (Å²) >= 11 is 1.65. The zero-order valence-electron chi connectivity index (χ0n) is 19.0. The van der Waals surface area contributed by atoms with Crippen molar-refractivity contribution in [2.24, 2.45) is 11.8 Å². The number of likely N-dealkylation sites (tertiary alicyclic amines) is 1. The summed E-state index contributed by atoms with van der Waals surface area (Å²) in [5, 5.41) is 14.7. The van der Waals surface area contributed by atoms with Crippen molar-refractivity contribution >= 4 is 28.2 Å². The molecule has 0 amide bonds. The summed E-state index contributed by atoms with van der Waals surface area (Å²) in [5.74, 6) is 7.20. The number of piperidine rings is 1. The number of methoxy groups -OCH3 is 1.